The van der Waals surface area contributed by atoms with Gasteiger partial charge in [-0.1, -0.05) is 36.4 Å². The van der Waals surface area contributed by atoms with Gasteiger partial charge in [-0.15, -0.1) is 0 Å². The minimum atomic E-state index is 0.519. The summed E-state index contributed by atoms with van der Waals surface area (Å²) in [6, 6.07) is 0. The van der Waals surface area contributed by atoms with Gasteiger partial charge in [0.2, 0.25) is 0 Å². The topological polar surface area (TPSA) is 9.23 Å². The molecule has 1 aliphatic heterocycles. The van der Waals surface area contributed by atoms with Crippen molar-refractivity contribution in [3.63, 3.8) is 0 Å². The molecule has 0 aromatic heterocycles. The smallest absolute Gasteiger partial charge is 0.0716 e. The second-order valence-corrected chi connectivity index (χ2v) is 4.74. The van der Waals surface area contributed by atoms with Gasteiger partial charge >= 0.3 is 0 Å². The van der Waals surface area contributed by atoms with Gasteiger partial charge in [-0.25, -0.2) is 0 Å². The molecule has 0 aliphatic carbocycles. The van der Waals surface area contributed by atoms with Crippen molar-refractivity contribution in [2.45, 2.75) is 30.3 Å². The largest absolute Gasteiger partial charge is 0.377 e. The van der Waals surface area contributed by atoms with Crippen molar-refractivity contribution >= 4 is 22.6 Å². The molecule has 3 atom stereocenters. The lowest BCUT2D eigenvalue weighted by Crippen LogP contribution is -2.22. The Hall–Kier alpha value is 0.690. The molecule has 0 aromatic rings. The summed E-state index contributed by atoms with van der Waals surface area (Å²) in [5.74, 6) is 0.775. The Bertz CT molecular complexity index is 92.9. The lowest BCUT2D eigenvalue weighted by atomic mass is 10.0. The lowest BCUT2D eigenvalue weighted by Gasteiger charge is -2.16. The monoisotopic (exact) mass is 240 g/mol. The first-order valence-corrected chi connectivity index (χ1v) is 4.72. The zero-order chi connectivity index (χ0) is 6.85. The third-order valence-electron chi connectivity index (χ3n) is 1.90. The molecule has 0 amide bonds. The second-order valence-electron chi connectivity index (χ2n) is 2.78. The summed E-state index contributed by atoms with van der Waals surface area (Å²) in [5.41, 5.74) is 0. The summed E-state index contributed by atoms with van der Waals surface area (Å²) in [5, 5.41) is 0. The maximum atomic E-state index is 5.52. The van der Waals surface area contributed by atoms with Crippen LogP contribution in [0.5, 0.6) is 0 Å². The fourth-order valence-corrected chi connectivity index (χ4v) is 2.22. The maximum Gasteiger partial charge on any atom is 0.0716 e. The molecule has 1 fully saturated rings. The molecule has 9 heavy (non-hydrogen) atoms. The van der Waals surface area contributed by atoms with E-state index in [4.69, 9.17) is 4.74 Å². The summed E-state index contributed by atoms with van der Waals surface area (Å²) in [4.78, 5) is 0. The van der Waals surface area contributed by atoms with Gasteiger partial charge in [0.05, 0.1) is 6.10 Å². The van der Waals surface area contributed by atoms with E-state index in [9.17, 15) is 0 Å². The molecule has 54 valence electrons. The van der Waals surface area contributed by atoms with E-state index in [1.54, 1.807) is 0 Å². The molecule has 1 rings (SSSR count). The zero-order valence-corrected chi connectivity index (χ0v) is 8.09. The molecule has 3 unspecified atom stereocenters. The first-order chi connectivity index (χ1) is 4.22. The van der Waals surface area contributed by atoms with Gasteiger partial charge < -0.3 is 4.74 Å². The first-order valence-electron chi connectivity index (χ1n) is 3.47. The molecule has 0 saturated carbocycles. The Balaban J connectivity index is 2.40. The van der Waals surface area contributed by atoms with Crippen molar-refractivity contribution in [1.82, 2.24) is 0 Å². The quantitative estimate of drug-likeness (QED) is 0.504. The highest BCUT2D eigenvalue weighted by molar-refractivity contribution is 14.1. The van der Waals surface area contributed by atoms with Crippen LogP contribution in [-0.2, 0) is 4.74 Å². The number of hydrogen-bond donors (Lipinski definition) is 0. The molecule has 1 nitrogen and oxygen atoms in total. The van der Waals surface area contributed by atoms with E-state index in [-0.39, 0.29) is 0 Å². The van der Waals surface area contributed by atoms with Crippen LogP contribution in [0.1, 0.15) is 20.3 Å². The van der Waals surface area contributed by atoms with Crippen molar-refractivity contribution in [3.05, 3.63) is 0 Å². The van der Waals surface area contributed by atoms with Crippen LogP contribution < -0.4 is 0 Å². The standard InChI is InChI=1S/C7H13IO/c1-5-3-4-9-7(5)6(2)8/h5-7H,3-4H2,1-2H3. The zero-order valence-electron chi connectivity index (χ0n) is 5.93. The predicted octanol–water partition coefficient (Wildman–Crippen LogP) is 2.23. The van der Waals surface area contributed by atoms with Crippen LogP contribution in [-0.4, -0.2) is 16.6 Å². The van der Waals surface area contributed by atoms with Crippen LogP contribution in [0.15, 0.2) is 0 Å². The van der Waals surface area contributed by atoms with Crippen LogP contribution in [0.4, 0.5) is 0 Å². The van der Waals surface area contributed by atoms with Crippen LogP contribution in [0.2, 0.25) is 0 Å². The molecule has 1 heterocycles. The van der Waals surface area contributed by atoms with Crippen LogP contribution in [0.25, 0.3) is 0 Å². The normalized spacial score (nSPS) is 39.0. The van der Waals surface area contributed by atoms with Crippen LogP contribution in [0.3, 0.4) is 0 Å². The highest BCUT2D eigenvalue weighted by Crippen LogP contribution is 2.26. The van der Waals surface area contributed by atoms with Crippen molar-refractivity contribution in [2.75, 3.05) is 6.61 Å². The van der Waals surface area contributed by atoms with E-state index in [0.29, 0.717) is 10.0 Å². The molecule has 1 aliphatic rings. The number of ether oxygens (including phenoxy) is 1. The first kappa shape index (κ1) is 7.79. The summed E-state index contributed by atoms with van der Waals surface area (Å²) in [6.45, 7) is 5.46. The molecule has 2 heteroatoms. The number of halogens is 1. The summed E-state index contributed by atoms with van der Waals surface area (Å²) in [7, 11) is 0. The number of rotatable bonds is 1. The minimum absolute atomic E-state index is 0.519. The Morgan fingerprint density at radius 1 is 1.67 bits per heavy atom. The average Bonchev–Trinajstić information content (AvgIpc) is 2.13. The number of alkyl halides is 1. The fourth-order valence-electron chi connectivity index (χ4n) is 1.30. The third-order valence-corrected chi connectivity index (χ3v) is 2.61. The van der Waals surface area contributed by atoms with Gasteiger partial charge in [0.1, 0.15) is 0 Å². The molecular weight excluding hydrogens is 227 g/mol. The highest BCUT2D eigenvalue weighted by atomic mass is 127. The van der Waals surface area contributed by atoms with Crippen molar-refractivity contribution in [1.29, 1.82) is 0 Å². The van der Waals surface area contributed by atoms with E-state index in [0.717, 1.165) is 12.5 Å². The van der Waals surface area contributed by atoms with Crippen LogP contribution >= 0.6 is 22.6 Å². The van der Waals surface area contributed by atoms with E-state index in [1.807, 2.05) is 0 Å². The van der Waals surface area contributed by atoms with E-state index < -0.39 is 0 Å². The molecule has 0 radical (unpaired) electrons. The van der Waals surface area contributed by atoms with Gasteiger partial charge in [0, 0.05) is 10.5 Å². The molecular formula is C7H13IO. The van der Waals surface area contributed by atoms with Crippen molar-refractivity contribution < 1.29 is 4.74 Å². The lowest BCUT2D eigenvalue weighted by molar-refractivity contribution is 0.0988. The Morgan fingerprint density at radius 3 is 2.56 bits per heavy atom. The van der Waals surface area contributed by atoms with Gasteiger partial charge in [0.15, 0.2) is 0 Å². The summed E-state index contributed by atoms with van der Waals surface area (Å²) in [6.07, 6.45) is 1.77. The fraction of sp³-hybridized carbons (Fsp3) is 1.00. The Labute approximate surface area is 70.3 Å². The highest BCUT2D eigenvalue weighted by Gasteiger charge is 2.27. The Kier molecular flexibility index (Phi) is 2.76. The molecule has 0 N–H and O–H groups in total. The second kappa shape index (κ2) is 3.19. The minimum Gasteiger partial charge on any atom is -0.377 e. The van der Waals surface area contributed by atoms with Crippen LogP contribution in [0, 0.1) is 5.92 Å². The van der Waals surface area contributed by atoms with Gasteiger partial charge in [-0.3, -0.25) is 0 Å². The van der Waals surface area contributed by atoms with E-state index in [2.05, 4.69) is 36.4 Å². The van der Waals surface area contributed by atoms with E-state index >= 15 is 0 Å². The molecule has 0 bridgehead atoms. The molecule has 0 aromatic carbocycles. The molecule has 0 spiro atoms. The van der Waals surface area contributed by atoms with E-state index in [1.165, 1.54) is 6.42 Å². The third kappa shape index (κ3) is 1.80. The number of hydrogen-bond acceptors (Lipinski definition) is 1. The van der Waals surface area contributed by atoms with Crippen molar-refractivity contribution in [2.24, 2.45) is 5.92 Å². The van der Waals surface area contributed by atoms with Gasteiger partial charge in [-0.2, -0.15) is 0 Å². The van der Waals surface area contributed by atoms with Crippen molar-refractivity contribution in [3.8, 4) is 0 Å². The maximum absolute atomic E-state index is 5.52. The summed E-state index contributed by atoms with van der Waals surface area (Å²) < 4.78 is 6.19. The summed E-state index contributed by atoms with van der Waals surface area (Å²) >= 11 is 2.43. The SMILES string of the molecule is CC(I)C1OCCC1C. The Morgan fingerprint density at radius 2 is 2.33 bits per heavy atom. The average molecular weight is 240 g/mol. The predicted molar refractivity (Wildman–Crippen MR) is 47.0 cm³/mol. The van der Waals surface area contributed by atoms with Gasteiger partial charge in [-0.05, 0) is 12.3 Å². The van der Waals surface area contributed by atoms with Gasteiger partial charge in [0.25, 0.3) is 0 Å². The molecule has 1 saturated heterocycles.